The molecule has 1 heterocycles. The van der Waals surface area contributed by atoms with Crippen molar-refractivity contribution < 1.29 is 4.74 Å². The zero-order valence-corrected chi connectivity index (χ0v) is 18.5. The molecule has 1 aromatic carbocycles. The molecule has 0 N–H and O–H groups in total. The van der Waals surface area contributed by atoms with Gasteiger partial charge in [-0.2, -0.15) is 16.5 Å². The van der Waals surface area contributed by atoms with Gasteiger partial charge in [-0.1, -0.05) is 53.7 Å². The molecule has 0 bridgehead atoms. The summed E-state index contributed by atoms with van der Waals surface area (Å²) < 4.78 is 5.50. The first-order valence-electron chi connectivity index (χ1n) is 9.57. The van der Waals surface area contributed by atoms with Crippen molar-refractivity contribution in [1.82, 2.24) is 0 Å². The first kappa shape index (κ1) is 20.5. The van der Waals surface area contributed by atoms with Crippen molar-refractivity contribution in [1.29, 1.82) is 5.26 Å². The van der Waals surface area contributed by atoms with Crippen LogP contribution in [0, 0.1) is 11.3 Å². The maximum atomic E-state index is 9.88. The second kappa shape index (κ2) is 8.29. The summed E-state index contributed by atoms with van der Waals surface area (Å²) in [4.78, 5) is 1.35. The van der Waals surface area contributed by atoms with Crippen LogP contribution < -0.4 is 0 Å². The Morgan fingerprint density at radius 1 is 1.04 bits per heavy atom. The molecule has 25 heavy (non-hydrogen) atoms. The maximum Gasteiger partial charge on any atom is 0.131 e. The molecule has 2 nitrogen and oxygen atoms in total. The molecular formula is C21H33NOSSi. The minimum Gasteiger partial charge on any atom is -0.381 e. The normalized spacial score (nSPS) is 17.9. The second-order valence-corrected chi connectivity index (χ2v) is 16.8. The quantitative estimate of drug-likeness (QED) is 0.530. The van der Waals surface area contributed by atoms with E-state index in [2.05, 4.69) is 83.1 Å². The van der Waals surface area contributed by atoms with Crippen molar-refractivity contribution in [2.24, 2.45) is 0 Å². The molecule has 0 radical (unpaired) electrons. The molecule has 0 atom stereocenters. The van der Waals surface area contributed by atoms with Crippen LogP contribution in [0.25, 0.3) is 0 Å². The Hall–Kier alpha value is -0.763. The van der Waals surface area contributed by atoms with Crippen molar-refractivity contribution >= 4 is 18.4 Å². The first-order valence-corrected chi connectivity index (χ1v) is 13.3. The molecule has 1 aliphatic rings. The number of rotatable bonds is 6. The first-order chi connectivity index (χ1) is 11.8. The van der Waals surface area contributed by atoms with Crippen molar-refractivity contribution in [3.8, 4) is 6.07 Å². The average Bonchev–Trinajstić information content (AvgIpc) is 2.59. The molecule has 1 saturated heterocycles. The fraction of sp³-hybridized carbons (Fsp3) is 0.667. The number of nitriles is 1. The van der Waals surface area contributed by atoms with Crippen molar-refractivity contribution in [3.63, 3.8) is 0 Å². The van der Waals surface area contributed by atoms with Gasteiger partial charge in [0.15, 0.2) is 0 Å². The SMILES string of the molecule is CC(C)[Si](Sc1cccc(C2(C#N)CCOCC2)c1)(C(C)C)C(C)C. The number of hydrogen-bond donors (Lipinski definition) is 0. The minimum atomic E-state index is -1.57. The number of ether oxygens (including phenoxy) is 1. The summed E-state index contributed by atoms with van der Waals surface area (Å²) in [7, 11) is -1.57. The summed E-state index contributed by atoms with van der Waals surface area (Å²) in [6.07, 6.45) is 1.61. The van der Waals surface area contributed by atoms with E-state index in [1.807, 2.05) is 0 Å². The van der Waals surface area contributed by atoms with Gasteiger partial charge in [-0.3, -0.25) is 0 Å². The lowest BCUT2D eigenvalue weighted by molar-refractivity contribution is 0.0675. The Balaban J connectivity index is 2.39. The molecule has 0 amide bonds. The van der Waals surface area contributed by atoms with Crippen LogP contribution in [-0.2, 0) is 10.2 Å². The van der Waals surface area contributed by atoms with E-state index >= 15 is 0 Å². The summed E-state index contributed by atoms with van der Waals surface area (Å²) in [5.74, 6) is 0. The van der Waals surface area contributed by atoms with Crippen molar-refractivity contribution in [2.75, 3.05) is 13.2 Å². The van der Waals surface area contributed by atoms with E-state index in [1.54, 1.807) is 0 Å². The predicted molar refractivity (Wildman–Crippen MR) is 111 cm³/mol. The molecule has 1 fully saturated rings. The second-order valence-electron chi connectivity index (χ2n) is 8.25. The highest BCUT2D eigenvalue weighted by atomic mass is 32.4. The van der Waals surface area contributed by atoms with Crippen LogP contribution >= 0.6 is 11.2 Å². The fourth-order valence-corrected chi connectivity index (χ4v) is 13.8. The minimum absolute atomic E-state index is 0.369. The average molecular weight is 376 g/mol. The third kappa shape index (κ3) is 3.99. The van der Waals surface area contributed by atoms with E-state index in [0.717, 1.165) is 12.8 Å². The topological polar surface area (TPSA) is 33.0 Å². The standard InChI is InChI=1S/C21H33NOSSi/c1-16(2)25(17(3)4,18(5)6)24-20-9-7-8-19(14-20)21(15-22)10-12-23-13-11-21/h7-9,14,16-18H,10-13H2,1-6H3. The van der Waals surface area contributed by atoms with E-state index in [1.165, 1.54) is 10.5 Å². The van der Waals surface area contributed by atoms with Crippen LogP contribution in [0.3, 0.4) is 0 Å². The van der Waals surface area contributed by atoms with Crippen molar-refractivity contribution in [3.05, 3.63) is 29.8 Å². The highest BCUT2D eigenvalue weighted by molar-refractivity contribution is 8.29. The van der Waals surface area contributed by atoms with Crippen molar-refractivity contribution in [2.45, 2.75) is 81.3 Å². The fourth-order valence-electron chi connectivity index (χ4n) is 4.60. The van der Waals surface area contributed by atoms with Gasteiger partial charge in [0.2, 0.25) is 0 Å². The van der Waals surface area contributed by atoms with Crippen LogP contribution in [-0.4, -0.2) is 20.4 Å². The summed E-state index contributed by atoms with van der Waals surface area (Å²) >= 11 is 2.15. The van der Waals surface area contributed by atoms with E-state index in [0.29, 0.717) is 29.8 Å². The van der Waals surface area contributed by atoms with Gasteiger partial charge in [0, 0.05) is 18.1 Å². The van der Waals surface area contributed by atoms with Crippen LogP contribution in [0.5, 0.6) is 0 Å². The van der Waals surface area contributed by atoms with Gasteiger partial charge in [-0.15, -0.1) is 0 Å². The lowest BCUT2D eigenvalue weighted by atomic mass is 9.75. The maximum absolute atomic E-state index is 9.88. The lowest BCUT2D eigenvalue weighted by Crippen LogP contribution is -2.41. The molecule has 1 aromatic rings. The van der Waals surface area contributed by atoms with Crippen LogP contribution in [0.15, 0.2) is 29.2 Å². The number of benzene rings is 1. The van der Waals surface area contributed by atoms with Gasteiger partial charge in [0.25, 0.3) is 0 Å². The largest absolute Gasteiger partial charge is 0.381 e. The van der Waals surface area contributed by atoms with E-state index in [4.69, 9.17) is 4.74 Å². The van der Waals surface area contributed by atoms with Gasteiger partial charge >= 0.3 is 0 Å². The zero-order chi connectivity index (χ0) is 18.7. The van der Waals surface area contributed by atoms with Gasteiger partial charge in [0.1, 0.15) is 7.22 Å². The number of nitrogens with zero attached hydrogens (tertiary/aromatic N) is 1. The molecule has 0 unspecified atom stereocenters. The Kier molecular flexibility index (Phi) is 6.81. The number of hydrogen-bond acceptors (Lipinski definition) is 3. The zero-order valence-electron chi connectivity index (χ0n) is 16.6. The third-order valence-corrected chi connectivity index (χ3v) is 18.2. The van der Waals surface area contributed by atoms with Crippen LogP contribution in [0.2, 0.25) is 16.6 Å². The highest BCUT2D eigenvalue weighted by Gasteiger charge is 2.44. The Bertz CT molecular complexity index is 593. The molecule has 0 aliphatic carbocycles. The molecule has 1 aliphatic heterocycles. The van der Waals surface area contributed by atoms with E-state index in [9.17, 15) is 5.26 Å². The molecular weight excluding hydrogens is 342 g/mol. The molecule has 0 spiro atoms. The Morgan fingerprint density at radius 2 is 1.60 bits per heavy atom. The molecule has 4 heteroatoms. The summed E-state index contributed by atoms with van der Waals surface area (Å²) in [5.41, 5.74) is 2.96. The van der Waals surface area contributed by atoms with E-state index < -0.39 is 7.22 Å². The monoisotopic (exact) mass is 375 g/mol. The smallest absolute Gasteiger partial charge is 0.131 e. The third-order valence-electron chi connectivity index (χ3n) is 5.95. The van der Waals surface area contributed by atoms with E-state index in [-0.39, 0.29) is 5.41 Å². The van der Waals surface area contributed by atoms with Gasteiger partial charge in [0.05, 0.1) is 11.5 Å². The van der Waals surface area contributed by atoms with Crippen LogP contribution in [0.4, 0.5) is 0 Å². The molecule has 0 aromatic heterocycles. The highest BCUT2D eigenvalue weighted by Crippen LogP contribution is 2.52. The van der Waals surface area contributed by atoms with Crippen LogP contribution in [0.1, 0.15) is 59.9 Å². The van der Waals surface area contributed by atoms with Gasteiger partial charge in [-0.05, 0) is 47.2 Å². The summed E-state index contributed by atoms with van der Waals surface area (Å²) in [6, 6.07) is 11.4. The molecule has 138 valence electrons. The van der Waals surface area contributed by atoms with Gasteiger partial charge < -0.3 is 4.74 Å². The Morgan fingerprint density at radius 3 is 2.08 bits per heavy atom. The predicted octanol–water partition coefficient (Wildman–Crippen LogP) is 6.53. The Labute approximate surface area is 159 Å². The molecule has 2 rings (SSSR count). The summed E-state index contributed by atoms with van der Waals surface area (Å²) in [6.45, 7) is 15.8. The van der Waals surface area contributed by atoms with Gasteiger partial charge in [-0.25, -0.2) is 0 Å². The molecule has 0 saturated carbocycles. The summed E-state index contributed by atoms with van der Waals surface area (Å²) in [5, 5.41) is 9.88. The lowest BCUT2D eigenvalue weighted by Gasteiger charge is -2.42.